The maximum atomic E-state index is 13.4. The van der Waals surface area contributed by atoms with Gasteiger partial charge in [0.2, 0.25) is 0 Å². The van der Waals surface area contributed by atoms with Gasteiger partial charge in [-0.1, -0.05) is 0 Å². The average molecular weight is 306 g/mol. The maximum Gasteiger partial charge on any atom is 0.172 e. The Morgan fingerprint density at radius 3 is 2.63 bits per heavy atom. The molecule has 0 radical (unpaired) electrons. The van der Waals surface area contributed by atoms with Gasteiger partial charge in [0.05, 0.1) is 18.6 Å². The summed E-state index contributed by atoms with van der Waals surface area (Å²) in [5.41, 5.74) is 0.255. The Balaban J connectivity index is 2.52. The minimum atomic E-state index is -3.01. The predicted octanol–water partition coefficient (Wildman–Crippen LogP) is 1.79. The SMILES string of the molecule is COc1ccc(C(=O)CSCCS(C)(=O)=O)cc1F. The van der Waals surface area contributed by atoms with Crippen LogP contribution in [0.3, 0.4) is 0 Å². The van der Waals surface area contributed by atoms with E-state index in [-0.39, 0.29) is 28.6 Å². The molecule has 1 rings (SSSR count). The number of carbonyl (C=O) groups is 1. The Morgan fingerprint density at radius 1 is 1.42 bits per heavy atom. The lowest BCUT2D eigenvalue weighted by molar-refractivity contribution is 0.102. The molecule has 0 bridgehead atoms. The zero-order valence-electron chi connectivity index (χ0n) is 10.7. The third kappa shape index (κ3) is 5.61. The van der Waals surface area contributed by atoms with E-state index in [9.17, 15) is 17.6 Å². The first-order valence-corrected chi connectivity index (χ1v) is 8.67. The number of thioether (sulfide) groups is 1. The summed E-state index contributed by atoms with van der Waals surface area (Å²) in [6.45, 7) is 0. The van der Waals surface area contributed by atoms with E-state index >= 15 is 0 Å². The van der Waals surface area contributed by atoms with Gasteiger partial charge in [0.15, 0.2) is 17.3 Å². The van der Waals surface area contributed by atoms with Crippen LogP contribution in [0.2, 0.25) is 0 Å². The molecule has 7 heteroatoms. The Kier molecular flexibility index (Phi) is 5.81. The van der Waals surface area contributed by atoms with Crippen molar-refractivity contribution >= 4 is 27.4 Å². The first-order valence-electron chi connectivity index (χ1n) is 5.45. The lowest BCUT2D eigenvalue weighted by Gasteiger charge is -2.04. The summed E-state index contributed by atoms with van der Waals surface area (Å²) in [4.78, 5) is 11.7. The second kappa shape index (κ2) is 6.91. The number of sulfone groups is 1. The number of hydrogen-bond acceptors (Lipinski definition) is 5. The second-order valence-corrected chi connectivity index (χ2v) is 7.32. The predicted molar refractivity (Wildman–Crippen MR) is 74.3 cm³/mol. The highest BCUT2D eigenvalue weighted by atomic mass is 32.2. The fourth-order valence-electron chi connectivity index (χ4n) is 1.30. The molecule has 0 fully saturated rings. The van der Waals surface area contributed by atoms with Gasteiger partial charge in [0, 0.05) is 17.6 Å². The molecular weight excluding hydrogens is 291 g/mol. The van der Waals surface area contributed by atoms with Crippen LogP contribution in [0.25, 0.3) is 0 Å². The lowest BCUT2D eigenvalue weighted by Crippen LogP contribution is -2.08. The van der Waals surface area contributed by atoms with Gasteiger partial charge >= 0.3 is 0 Å². The summed E-state index contributed by atoms with van der Waals surface area (Å²) in [7, 11) is -1.66. The van der Waals surface area contributed by atoms with Gasteiger partial charge in [-0.3, -0.25) is 4.79 Å². The number of hydrogen-bond donors (Lipinski definition) is 0. The van der Waals surface area contributed by atoms with Crippen LogP contribution in [0, 0.1) is 5.82 Å². The van der Waals surface area contributed by atoms with Gasteiger partial charge in [0.25, 0.3) is 0 Å². The van der Waals surface area contributed by atoms with Crippen molar-refractivity contribution in [1.29, 1.82) is 0 Å². The molecule has 0 aliphatic heterocycles. The van der Waals surface area contributed by atoms with E-state index < -0.39 is 15.7 Å². The van der Waals surface area contributed by atoms with Crippen molar-refractivity contribution in [2.75, 3.05) is 30.6 Å². The van der Waals surface area contributed by atoms with Gasteiger partial charge in [-0.25, -0.2) is 12.8 Å². The average Bonchev–Trinajstić information content (AvgIpc) is 2.33. The van der Waals surface area contributed by atoms with E-state index in [1.54, 1.807) is 0 Å². The molecule has 0 unspecified atom stereocenters. The highest BCUT2D eigenvalue weighted by molar-refractivity contribution is 8.01. The number of ketones is 1. The maximum absolute atomic E-state index is 13.4. The molecule has 0 saturated heterocycles. The number of Topliss-reactive ketones (excluding diaryl/α,β-unsaturated/α-hetero) is 1. The molecule has 0 N–H and O–H groups in total. The van der Waals surface area contributed by atoms with Crippen molar-refractivity contribution in [3.05, 3.63) is 29.6 Å². The molecule has 0 atom stereocenters. The highest BCUT2D eigenvalue weighted by Gasteiger charge is 2.11. The van der Waals surface area contributed by atoms with Crippen molar-refractivity contribution < 1.29 is 22.3 Å². The van der Waals surface area contributed by atoms with Crippen LogP contribution < -0.4 is 4.74 Å². The van der Waals surface area contributed by atoms with Gasteiger partial charge in [0.1, 0.15) is 9.84 Å². The molecule has 0 aliphatic rings. The standard InChI is InChI=1S/C12H15FO4S2/c1-17-12-4-3-9(7-10(12)13)11(14)8-18-5-6-19(2,15)16/h3-4,7H,5-6,8H2,1-2H3. The van der Waals surface area contributed by atoms with E-state index in [1.807, 2.05) is 0 Å². The number of benzene rings is 1. The summed E-state index contributed by atoms with van der Waals surface area (Å²) in [6, 6.07) is 4.00. The zero-order chi connectivity index (χ0) is 14.5. The largest absolute Gasteiger partial charge is 0.494 e. The van der Waals surface area contributed by atoms with Gasteiger partial charge in [-0.15, -0.1) is 0 Å². The number of methoxy groups -OCH3 is 1. The Morgan fingerprint density at radius 2 is 2.11 bits per heavy atom. The van der Waals surface area contributed by atoms with E-state index in [0.717, 1.165) is 12.3 Å². The lowest BCUT2D eigenvalue weighted by atomic mass is 10.1. The summed E-state index contributed by atoms with van der Waals surface area (Å²) < 4.78 is 39.9. The molecule has 106 valence electrons. The molecule has 19 heavy (non-hydrogen) atoms. The second-order valence-electron chi connectivity index (χ2n) is 3.95. The number of ether oxygens (including phenoxy) is 1. The first-order chi connectivity index (χ1) is 8.83. The summed E-state index contributed by atoms with van der Waals surface area (Å²) in [5.74, 6) is -0.234. The molecule has 0 saturated carbocycles. The van der Waals surface area contributed by atoms with Crippen molar-refractivity contribution in [2.24, 2.45) is 0 Å². The molecule has 4 nitrogen and oxygen atoms in total. The van der Waals surface area contributed by atoms with Crippen LogP contribution in [0.15, 0.2) is 18.2 Å². The van der Waals surface area contributed by atoms with E-state index in [0.29, 0.717) is 5.75 Å². The van der Waals surface area contributed by atoms with Crippen molar-refractivity contribution in [2.45, 2.75) is 0 Å². The first kappa shape index (κ1) is 16.0. The quantitative estimate of drug-likeness (QED) is 0.568. The Bertz CT molecular complexity index is 555. The van der Waals surface area contributed by atoms with E-state index in [2.05, 4.69) is 0 Å². The monoisotopic (exact) mass is 306 g/mol. The molecule has 0 spiro atoms. The van der Waals surface area contributed by atoms with Crippen LogP contribution in [0.1, 0.15) is 10.4 Å². The summed E-state index contributed by atoms with van der Waals surface area (Å²) in [6.07, 6.45) is 1.15. The molecule has 0 heterocycles. The van der Waals surface area contributed by atoms with Gasteiger partial charge in [-0.2, -0.15) is 11.8 Å². The van der Waals surface area contributed by atoms with Crippen LogP contribution in [0.5, 0.6) is 5.75 Å². The van der Waals surface area contributed by atoms with E-state index in [1.165, 1.54) is 31.0 Å². The normalized spacial score (nSPS) is 11.3. The molecule has 1 aromatic rings. The topological polar surface area (TPSA) is 60.4 Å². The third-order valence-electron chi connectivity index (χ3n) is 2.31. The Hall–Kier alpha value is -1.08. The fourth-order valence-corrected chi connectivity index (χ4v) is 3.48. The minimum Gasteiger partial charge on any atom is -0.494 e. The van der Waals surface area contributed by atoms with E-state index in [4.69, 9.17) is 4.74 Å². The van der Waals surface area contributed by atoms with Gasteiger partial charge < -0.3 is 4.74 Å². The fraction of sp³-hybridized carbons (Fsp3) is 0.417. The van der Waals surface area contributed by atoms with Crippen molar-refractivity contribution in [3.63, 3.8) is 0 Å². The van der Waals surface area contributed by atoms with Crippen molar-refractivity contribution in [1.82, 2.24) is 0 Å². The summed E-state index contributed by atoms with van der Waals surface area (Å²) >= 11 is 1.22. The van der Waals surface area contributed by atoms with Crippen LogP contribution in [0.4, 0.5) is 4.39 Å². The number of carbonyl (C=O) groups excluding carboxylic acids is 1. The number of halogens is 1. The third-order valence-corrected chi connectivity index (χ3v) is 4.47. The zero-order valence-corrected chi connectivity index (χ0v) is 12.3. The highest BCUT2D eigenvalue weighted by Crippen LogP contribution is 2.18. The Labute approximate surface area is 116 Å². The van der Waals surface area contributed by atoms with Crippen LogP contribution in [-0.2, 0) is 9.84 Å². The molecule has 0 amide bonds. The van der Waals surface area contributed by atoms with Crippen LogP contribution in [-0.4, -0.2) is 44.8 Å². The van der Waals surface area contributed by atoms with Crippen molar-refractivity contribution in [3.8, 4) is 5.75 Å². The molecular formula is C12H15FO4S2. The minimum absolute atomic E-state index is 0.0297. The smallest absolute Gasteiger partial charge is 0.172 e. The number of rotatable bonds is 7. The summed E-state index contributed by atoms with van der Waals surface area (Å²) in [5, 5.41) is 0. The molecule has 1 aromatic carbocycles. The molecule has 0 aliphatic carbocycles. The van der Waals surface area contributed by atoms with Crippen LogP contribution >= 0.6 is 11.8 Å². The molecule has 0 aromatic heterocycles. The van der Waals surface area contributed by atoms with Gasteiger partial charge in [-0.05, 0) is 18.2 Å².